The third kappa shape index (κ3) is 11.6. The molecule has 1 atom stereocenters. The molecule has 11 nitrogen and oxygen atoms in total. The van der Waals surface area contributed by atoms with Crippen molar-refractivity contribution in [2.75, 3.05) is 32.1 Å². The van der Waals surface area contributed by atoms with E-state index in [1.165, 1.54) is 20.8 Å². The van der Waals surface area contributed by atoms with Gasteiger partial charge in [-0.15, -0.1) is 0 Å². The zero-order valence-corrected chi connectivity index (χ0v) is 27.0. The number of hydrogen-bond donors (Lipinski definition) is 2. The van der Waals surface area contributed by atoms with Crippen LogP contribution in [0.25, 0.3) is 0 Å². The van der Waals surface area contributed by atoms with Gasteiger partial charge in [0.2, 0.25) is 5.91 Å². The summed E-state index contributed by atoms with van der Waals surface area (Å²) < 4.78 is 47.8. The minimum absolute atomic E-state index is 0.0778. The molecule has 0 fully saturated rings. The van der Waals surface area contributed by atoms with Crippen LogP contribution in [-0.4, -0.2) is 69.1 Å². The number of carbonyl (C=O) groups excluding carboxylic acids is 2. The maximum atomic E-state index is 13.0. The highest BCUT2D eigenvalue weighted by Gasteiger charge is 2.53. The lowest BCUT2D eigenvalue weighted by Gasteiger charge is -2.42. The summed E-state index contributed by atoms with van der Waals surface area (Å²) in [6, 6.07) is 18.4. The number of ether oxygens (including phenoxy) is 3. The Labute approximate surface area is 260 Å². The highest BCUT2D eigenvalue weighted by molar-refractivity contribution is 7.86. The van der Waals surface area contributed by atoms with Crippen LogP contribution < -0.4 is 5.32 Å². The van der Waals surface area contributed by atoms with Crippen molar-refractivity contribution in [3.05, 3.63) is 71.8 Å². The Hall–Kier alpha value is -3.32. The van der Waals surface area contributed by atoms with Crippen molar-refractivity contribution in [2.24, 2.45) is 10.8 Å². The third-order valence-corrected chi connectivity index (χ3v) is 8.39. The highest BCUT2D eigenvalue weighted by Crippen LogP contribution is 2.39. The Morgan fingerprint density at radius 1 is 0.864 bits per heavy atom. The van der Waals surface area contributed by atoms with Crippen molar-refractivity contribution in [1.29, 1.82) is 0 Å². The molecule has 0 aliphatic heterocycles. The van der Waals surface area contributed by atoms with Crippen LogP contribution >= 0.6 is 0 Å². The van der Waals surface area contributed by atoms with Gasteiger partial charge >= 0.3 is 11.9 Å². The fourth-order valence-corrected chi connectivity index (χ4v) is 5.40. The van der Waals surface area contributed by atoms with E-state index < -0.39 is 45.1 Å². The molecule has 2 rings (SSSR count). The number of carboxylic acid groups (broad SMARTS) is 1. The molecule has 12 heteroatoms. The second-order valence-electron chi connectivity index (χ2n) is 11.9. The molecule has 0 aliphatic rings. The number of nitrogens with one attached hydrogen (secondary N) is 1. The van der Waals surface area contributed by atoms with Crippen LogP contribution in [0.2, 0.25) is 0 Å². The van der Waals surface area contributed by atoms with E-state index in [0.717, 1.165) is 5.56 Å². The van der Waals surface area contributed by atoms with Crippen LogP contribution in [-0.2, 0) is 56.1 Å². The topological polar surface area (TPSA) is 155 Å². The van der Waals surface area contributed by atoms with E-state index in [9.17, 15) is 27.9 Å². The standard InChI is InChI=1S/C32H45NO10S/c1-25(34)33-18-12-20-44(38,39)43-24-31(4,5)32(28(35)36,42-22-27-15-10-7-11-16-27)17-19-41-29(37)30(2,3)23-40-21-26-13-8-6-9-14-26/h6-11,13-16H,12,17-24H2,1-5H3,(H,33,34)(H,35,36)/t32-/m0/s1. The van der Waals surface area contributed by atoms with Crippen LogP contribution in [0.15, 0.2) is 60.7 Å². The summed E-state index contributed by atoms with van der Waals surface area (Å²) in [5.41, 5.74) is -2.76. The Morgan fingerprint density at radius 2 is 1.43 bits per heavy atom. The van der Waals surface area contributed by atoms with Gasteiger partial charge in [0.05, 0.1) is 44.2 Å². The summed E-state index contributed by atoms with van der Waals surface area (Å²) in [4.78, 5) is 37.0. The van der Waals surface area contributed by atoms with Gasteiger partial charge in [0.15, 0.2) is 5.60 Å². The highest BCUT2D eigenvalue weighted by atomic mass is 32.2. The van der Waals surface area contributed by atoms with Crippen LogP contribution in [0.1, 0.15) is 58.6 Å². The number of rotatable bonds is 20. The minimum atomic E-state index is -4.05. The smallest absolute Gasteiger partial charge is 0.336 e. The number of hydrogen-bond acceptors (Lipinski definition) is 9. The van der Waals surface area contributed by atoms with Crippen LogP contribution in [0.5, 0.6) is 0 Å². The van der Waals surface area contributed by atoms with Gasteiger partial charge < -0.3 is 24.6 Å². The Kier molecular flexibility index (Phi) is 14.0. The Morgan fingerprint density at radius 3 is 1.98 bits per heavy atom. The summed E-state index contributed by atoms with van der Waals surface area (Å²) in [5, 5.41) is 13.0. The fourth-order valence-electron chi connectivity index (χ4n) is 4.31. The molecule has 0 radical (unpaired) electrons. The maximum absolute atomic E-state index is 13.0. The molecule has 0 saturated heterocycles. The first-order valence-corrected chi connectivity index (χ1v) is 16.0. The van der Waals surface area contributed by atoms with Crippen molar-refractivity contribution in [1.82, 2.24) is 5.32 Å². The molecule has 0 heterocycles. The van der Waals surface area contributed by atoms with E-state index in [2.05, 4.69) is 5.32 Å². The van der Waals surface area contributed by atoms with Crippen molar-refractivity contribution in [2.45, 2.75) is 66.3 Å². The van der Waals surface area contributed by atoms with Gasteiger partial charge in [-0.25, -0.2) is 4.79 Å². The normalized spacial score (nSPS) is 13.6. The lowest BCUT2D eigenvalue weighted by Crippen LogP contribution is -2.56. The van der Waals surface area contributed by atoms with E-state index in [0.29, 0.717) is 12.2 Å². The van der Waals surface area contributed by atoms with Crippen molar-refractivity contribution in [3.8, 4) is 0 Å². The number of amides is 1. The summed E-state index contributed by atoms with van der Waals surface area (Å²) in [6.45, 7) is 7.36. The van der Waals surface area contributed by atoms with E-state index in [1.807, 2.05) is 36.4 Å². The summed E-state index contributed by atoms with van der Waals surface area (Å²) in [6.07, 6.45) is -0.154. The van der Waals surface area contributed by atoms with Crippen LogP contribution in [0, 0.1) is 10.8 Å². The Bertz CT molecular complexity index is 1310. The summed E-state index contributed by atoms with van der Waals surface area (Å²) >= 11 is 0. The second-order valence-corrected chi connectivity index (χ2v) is 13.7. The summed E-state index contributed by atoms with van der Waals surface area (Å²) in [5.74, 6) is -2.58. The number of aliphatic carboxylic acids is 1. The van der Waals surface area contributed by atoms with Crippen LogP contribution in [0.3, 0.4) is 0 Å². The molecule has 2 aromatic rings. The average Bonchev–Trinajstić information content (AvgIpc) is 2.96. The predicted molar refractivity (Wildman–Crippen MR) is 164 cm³/mol. The number of benzene rings is 2. The predicted octanol–water partition coefficient (Wildman–Crippen LogP) is 4.10. The van der Waals surface area contributed by atoms with Gasteiger partial charge in [-0.3, -0.25) is 13.8 Å². The van der Waals surface area contributed by atoms with Gasteiger partial charge in [-0.2, -0.15) is 8.42 Å². The first kappa shape index (κ1) is 36.9. The summed E-state index contributed by atoms with van der Waals surface area (Å²) in [7, 11) is -4.05. The molecule has 2 N–H and O–H groups in total. The molecule has 0 saturated carbocycles. The lowest BCUT2D eigenvalue weighted by atomic mass is 9.73. The molecule has 2 aromatic carbocycles. The van der Waals surface area contributed by atoms with Crippen molar-refractivity contribution < 1.29 is 46.3 Å². The lowest BCUT2D eigenvalue weighted by molar-refractivity contribution is -0.198. The SMILES string of the molecule is CC(=O)NCCCS(=O)(=O)OCC(C)(C)[C@@](CCOC(=O)C(C)(C)COCc1ccccc1)(OCc1ccccc1)C(=O)O. The van der Waals surface area contributed by atoms with Gasteiger partial charge in [-0.05, 0) is 31.4 Å². The maximum Gasteiger partial charge on any atom is 0.336 e. The molecule has 0 spiro atoms. The van der Waals surface area contributed by atoms with Gasteiger partial charge in [0.25, 0.3) is 10.1 Å². The van der Waals surface area contributed by atoms with Crippen LogP contribution in [0.4, 0.5) is 0 Å². The molecule has 1 amide bonds. The second kappa shape index (κ2) is 16.7. The Balaban J connectivity index is 2.13. The van der Waals surface area contributed by atoms with E-state index in [1.54, 1.807) is 38.1 Å². The number of carboxylic acids is 1. The van der Waals surface area contributed by atoms with E-state index >= 15 is 0 Å². The molecule has 244 valence electrons. The van der Waals surface area contributed by atoms with Crippen molar-refractivity contribution >= 4 is 28.0 Å². The molecular formula is C32H45NO10S. The molecule has 0 bridgehead atoms. The molecule has 0 aromatic heterocycles. The molecule has 0 aliphatic carbocycles. The molecular weight excluding hydrogens is 590 g/mol. The first-order valence-electron chi connectivity index (χ1n) is 14.4. The fraction of sp³-hybridized carbons (Fsp3) is 0.531. The van der Waals surface area contributed by atoms with E-state index in [4.69, 9.17) is 18.4 Å². The van der Waals surface area contributed by atoms with Gasteiger partial charge in [-0.1, -0.05) is 74.5 Å². The monoisotopic (exact) mass is 635 g/mol. The van der Waals surface area contributed by atoms with Gasteiger partial charge in [0, 0.05) is 25.3 Å². The van der Waals surface area contributed by atoms with E-state index in [-0.39, 0.29) is 50.9 Å². The minimum Gasteiger partial charge on any atom is -0.479 e. The zero-order valence-electron chi connectivity index (χ0n) is 26.2. The van der Waals surface area contributed by atoms with Gasteiger partial charge in [0.1, 0.15) is 0 Å². The first-order chi connectivity index (χ1) is 20.6. The number of carbonyl (C=O) groups is 3. The average molecular weight is 636 g/mol. The third-order valence-electron chi connectivity index (χ3n) is 7.13. The molecule has 44 heavy (non-hydrogen) atoms. The zero-order chi connectivity index (χ0) is 32.9. The number of esters is 1. The quantitative estimate of drug-likeness (QED) is 0.123. The largest absolute Gasteiger partial charge is 0.479 e. The molecule has 0 unspecified atom stereocenters. The van der Waals surface area contributed by atoms with Crippen molar-refractivity contribution in [3.63, 3.8) is 0 Å².